The SMILES string of the molecule is CCCCCCCCCCCCCCCCCCOc1ccc(-c2ccc(C3=C4C(=O)NC(c5ccc(-c6ccc(OCCCCCCCCCCCCCCCCCC)cc6)s5)=C4C(=O)N3)s2)cc1. The van der Waals surface area contributed by atoms with Gasteiger partial charge in [0, 0.05) is 9.75 Å². The molecule has 2 aromatic carbocycles. The molecule has 0 fully saturated rings. The molecule has 70 heavy (non-hydrogen) atoms. The minimum absolute atomic E-state index is 0.250. The number of benzene rings is 2. The van der Waals surface area contributed by atoms with Crippen molar-refractivity contribution < 1.29 is 19.1 Å². The van der Waals surface area contributed by atoms with Crippen molar-refractivity contribution in [3.05, 3.63) is 93.7 Å². The second-order valence-electron chi connectivity index (χ2n) is 20.1. The van der Waals surface area contributed by atoms with E-state index in [2.05, 4.69) is 60.9 Å². The van der Waals surface area contributed by atoms with Crippen LogP contribution in [-0.2, 0) is 9.59 Å². The zero-order chi connectivity index (χ0) is 48.9. The maximum Gasteiger partial charge on any atom is 0.258 e. The first-order valence-corrected chi connectivity index (χ1v) is 30.0. The first-order chi connectivity index (χ1) is 34.6. The van der Waals surface area contributed by atoms with Crippen LogP contribution in [-0.4, -0.2) is 25.0 Å². The van der Waals surface area contributed by atoms with Crippen molar-refractivity contribution in [3.8, 4) is 32.4 Å². The van der Waals surface area contributed by atoms with E-state index < -0.39 is 0 Å². The fraction of sp³-hybridized carbons (Fsp3) is 0.581. The highest BCUT2D eigenvalue weighted by Gasteiger charge is 2.41. The van der Waals surface area contributed by atoms with Gasteiger partial charge in [-0.15, -0.1) is 22.7 Å². The van der Waals surface area contributed by atoms with E-state index in [1.807, 2.05) is 36.4 Å². The monoisotopic (exact) mass is 989 g/mol. The summed E-state index contributed by atoms with van der Waals surface area (Å²) in [6, 6.07) is 24.6. The Balaban J connectivity index is 0.858. The van der Waals surface area contributed by atoms with E-state index in [0.29, 0.717) is 22.5 Å². The number of thiophene rings is 2. The third kappa shape index (κ3) is 18.8. The molecule has 0 unspecified atom stereocenters. The fourth-order valence-electron chi connectivity index (χ4n) is 9.92. The maximum absolute atomic E-state index is 13.5. The van der Waals surface area contributed by atoms with Gasteiger partial charge in [0.25, 0.3) is 11.8 Å². The van der Waals surface area contributed by atoms with Gasteiger partial charge in [-0.05, 0) is 96.8 Å². The minimum atomic E-state index is -0.250. The number of carbonyl (C=O) groups is 2. The van der Waals surface area contributed by atoms with Gasteiger partial charge in [0.05, 0.1) is 45.5 Å². The number of rotatable bonds is 40. The largest absolute Gasteiger partial charge is 0.494 e. The molecular weight excluding hydrogens is 901 g/mol. The summed E-state index contributed by atoms with van der Waals surface area (Å²) >= 11 is 3.15. The lowest BCUT2D eigenvalue weighted by molar-refractivity contribution is -0.117. The van der Waals surface area contributed by atoms with Crippen LogP contribution in [0.1, 0.15) is 229 Å². The van der Waals surface area contributed by atoms with Crippen molar-refractivity contribution in [2.24, 2.45) is 0 Å². The Morgan fingerprint density at radius 1 is 0.329 bits per heavy atom. The zero-order valence-corrected chi connectivity index (χ0v) is 45.1. The predicted molar refractivity (Wildman–Crippen MR) is 300 cm³/mol. The van der Waals surface area contributed by atoms with E-state index in [4.69, 9.17) is 9.47 Å². The van der Waals surface area contributed by atoms with Gasteiger partial charge in [-0.3, -0.25) is 9.59 Å². The van der Waals surface area contributed by atoms with Gasteiger partial charge >= 0.3 is 0 Å². The topological polar surface area (TPSA) is 76.7 Å². The number of carbonyl (C=O) groups excluding carboxylic acids is 2. The molecule has 2 aliphatic rings. The summed E-state index contributed by atoms with van der Waals surface area (Å²) in [5.41, 5.74) is 4.16. The Kier molecular flexibility index (Phi) is 25.8. The quantitative estimate of drug-likeness (QED) is 0.0435. The molecule has 0 saturated carbocycles. The molecule has 382 valence electrons. The van der Waals surface area contributed by atoms with Crippen LogP contribution in [0, 0.1) is 0 Å². The number of fused-ring (bicyclic) bond motifs is 1. The smallest absolute Gasteiger partial charge is 0.258 e. The summed E-state index contributed by atoms with van der Waals surface area (Å²) in [7, 11) is 0. The van der Waals surface area contributed by atoms with E-state index >= 15 is 0 Å². The number of nitrogens with one attached hydrogen (secondary N) is 2. The average Bonchev–Trinajstić information content (AvgIpc) is 4.20. The summed E-state index contributed by atoms with van der Waals surface area (Å²) in [5, 5.41) is 6.08. The van der Waals surface area contributed by atoms with Crippen LogP contribution in [0.3, 0.4) is 0 Å². The molecule has 2 aliphatic heterocycles. The first kappa shape index (κ1) is 55.2. The molecule has 2 aromatic heterocycles. The highest BCUT2D eigenvalue weighted by atomic mass is 32.1. The molecule has 4 heterocycles. The van der Waals surface area contributed by atoms with Crippen LogP contribution in [0.4, 0.5) is 0 Å². The molecule has 8 heteroatoms. The van der Waals surface area contributed by atoms with Crippen molar-refractivity contribution in [1.29, 1.82) is 0 Å². The summed E-state index contributed by atoms with van der Waals surface area (Å²) in [4.78, 5) is 30.9. The molecule has 0 radical (unpaired) electrons. The van der Waals surface area contributed by atoms with Gasteiger partial charge in [0.1, 0.15) is 11.5 Å². The van der Waals surface area contributed by atoms with E-state index in [0.717, 1.165) is 68.2 Å². The Morgan fingerprint density at radius 2 is 0.586 bits per heavy atom. The summed E-state index contributed by atoms with van der Waals surface area (Å²) in [6.45, 7) is 6.06. The molecule has 6 rings (SSSR count). The lowest BCUT2D eigenvalue weighted by atomic mass is 10.0. The minimum Gasteiger partial charge on any atom is -0.494 e. The lowest BCUT2D eigenvalue weighted by Gasteiger charge is -2.07. The number of ether oxygens (including phenoxy) is 2. The second-order valence-corrected chi connectivity index (χ2v) is 22.3. The number of hydrogen-bond acceptors (Lipinski definition) is 6. The molecule has 2 amide bonds. The summed E-state index contributed by atoms with van der Waals surface area (Å²) < 4.78 is 12.2. The zero-order valence-electron chi connectivity index (χ0n) is 43.4. The van der Waals surface area contributed by atoms with Crippen LogP contribution in [0.2, 0.25) is 0 Å². The van der Waals surface area contributed by atoms with Crippen LogP contribution in [0.25, 0.3) is 32.3 Å². The Labute approximate surface area is 431 Å². The highest BCUT2D eigenvalue weighted by molar-refractivity contribution is 7.17. The van der Waals surface area contributed by atoms with Gasteiger partial charge in [0.15, 0.2) is 0 Å². The molecule has 0 bridgehead atoms. The van der Waals surface area contributed by atoms with Gasteiger partial charge in [-0.1, -0.05) is 206 Å². The Morgan fingerprint density at radius 3 is 0.871 bits per heavy atom. The van der Waals surface area contributed by atoms with Crippen molar-refractivity contribution in [2.75, 3.05) is 13.2 Å². The highest BCUT2D eigenvalue weighted by Crippen LogP contribution is 2.43. The average molecular weight is 990 g/mol. The summed E-state index contributed by atoms with van der Waals surface area (Å²) in [5.74, 6) is 1.27. The number of amides is 2. The van der Waals surface area contributed by atoms with E-state index in [1.165, 1.54) is 193 Å². The Hall–Kier alpha value is -4.14. The van der Waals surface area contributed by atoms with Crippen molar-refractivity contribution in [3.63, 3.8) is 0 Å². The van der Waals surface area contributed by atoms with Crippen molar-refractivity contribution >= 4 is 45.9 Å². The van der Waals surface area contributed by atoms with Crippen molar-refractivity contribution in [1.82, 2.24) is 10.6 Å². The van der Waals surface area contributed by atoms with Crippen LogP contribution < -0.4 is 20.1 Å². The van der Waals surface area contributed by atoms with Gasteiger partial charge < -0.3 is 20.1 Å². The van der Waals surface area contributed by atoms with Crippen molar-refractivity contribution in [2.45, 2.75) is 219 Å². The maximum atomic E-state index is 13.5. The third-order valence-electron chi connectivity index (χ3n) is 14.2. The van der Waals surface area contributed by atoms with E-state index in [9.17, 15) is 9.59 Å². The van der Waals surface area contributed by atoms with Gasteiger partial charge in [-0.25, -0.2) is 0 Å². The third-order valence-corrected chi connectivity index (χ3v) is 16.5. The van der Waals surface area contributed by atoms with E-state index in [1.54, 1.807) is 22.7 Å². The predicted octanol–water partition coefficient (Wildman–Crippen LogP) is 18.8. The Bertz CT molecular complexity index is 2010. The fourth-order valence-corrected chi connectivity index (χ4v) is 12.0. The van der Waals surface area contributed by atoms with Crippen LogP contribution in [0.5, 0.6) is 11.5 Å². The van der Waals surface area contributed by atoms with Crippen LogP contribution >= 0.6 is 22.7 Å². The lowest BCUT2D eigenvalue weighted by Crippen LogP contribution is -2.20. The molecule has 0 saturated heterocycles. The molecule has 0 spiro atoms. The molecule has 0 aliphatic carbocycles. The standard InChI is InChI=1S/C62H88N2O4S2/c1-3-5-7-9-11-13-15-17-19-21-23-25-27-29-31-33-47-67-51-39-35-49(36-40-51)53-43-45-55(69-53)59-57-58(62(66)63-59)60(64-61(57)65)56-46-44-54(70-56)50-37-41-52(42-38-50)68-48-34-32-30-28-26-24-22-20-18-16-14-12-10-8-6-4-2/h35-46H,3-34,47-48H2,1-2H3,(H,63,66)(H,64,65). The van der Waals surface area contributed by atoms with Crippen LogP contribution in [0.15, 0.2) is 83.9 Å². The van der Waals surface area contributed by atoms with Gasteiger partial charge in [0.2, 0.25) is 0 Å². The normalized spacial score (nSPS) is 13.4. The molecule has 0 atom stereocenters. The van der Waals surface area contributed by atoms with E-state index in [-0.39, 0.29) is 11.8 Å². The number of hydrogen-bond donors (Lipinski definition) is 2. The summed E-state index contributed by atoms with van der Waals surface area (Å²) in [6.07, 6.45) is 43.6. The molecule has 4 aromatic rings. The van der Waals surface area contributed by atoms with Gasteiger partial charge in [-0.2, -0.15) is 0 Å². The molecule has 6 nitrogen and oxygen atoms in total. The second kappa shape index (κ2) is 32.8. The first-order valence-electron chi connectivity index (χ1n) is 28.3. The molecule has 2 N–H and O–H groups in total. The number of unbranched alkanes of at least 4 members (excludes halogenated alkanes) is 30. The molecular formula is C62H88N2O4S2.